The number of hydrogen-bond acceptors (Lipinski definition) is 9. The second-order valence-corrected chi connectivity index (χ2v) is 8.34. The highest BCUT2D eigenvalue weighted by molar-refractivity contribution is 6.08. The number of pyridine rings is 1. The molecule has 4 aromatic heterocycles. The van der Waals surface area contributed by atoms with Crippen LogP contribution >= 0.6 is 0 Å². The van der Waals surface area contributed by atoms with Crippen molar-refractivity contribution in [3.8, 4) is 11.5 Å². The molecule has 0 radical (unpaired) electrons. The van der Waals surface area contributed by atoms with E-state index in [0.29, 0.717) is 34.0 Å². The molecule has 2 N–H and O–H groups in total. The Morgan fingerprint density at radius 3 is 2.76 bits per heavy atom. The summed E-state index contributed by atoms with van der Waals surface area (Å²) in [5.74, 6) is -1.96. The van der Waals surface area contributed by atoms with Gasteiger partial charge >= 0.3 is 0 Å². The number of alkyl halides is 2. The van der Waals surface area contributed by atoms with E-state index < -0.39 is 23.7 Å². The van der Waals surface area contributed by atoms with E-state index in [1.165, 1.54) is 4.68 Å². The second-order valence-electron chi connectivity index (χ2n) is 8.34. The van der Waals surface area contributed by atoms with E-state index in [2.05, 4.69) is 40.9 Å². The lowest BCUT2D eigenvalue weighted by Gasteiger charge is -2.19. The van der Waals surface area contributed by atoms with Crippen LogP contribution in [-0.4, -0.2) is 53.8 Å². The van der Waals surface area contributed by atoms with Crippen molar-refractivity contribution in [2.45, 2.75) is 45.1 Å². The van der Waals surface area contributed by atoms with Gasteiger partial charge in [-0.15, -0.1) is 10.2 Å². The number of fused-ring (bicyclic) bond motifs is 2. The topological polar surface area (TPSA) is 137 Å². The van der Waals surface area contributed by atoms with Gasteiger partial charge in [0.1, 0.15) is 17.3 Å². The van der Waals surface area contributed by atoms with Gasteiger partial charge in [-0.3, -0.25) is 4.79 Å². The van der Waals surface area contributed by atoms with E-state index in [4.69, 9.17) is 4.42 Å². The van der Waals surface area contributed by atoms with Crippen molar-refractivity contribution in [2.75, 3.05) is 17.7 Å². The van der Waals surface area contributed by atoms with Crippen molar-refractivity contribution in [3.63, 3.8) is 0 Å². The quantitative estimate of drug-likeness (QED) is 0.437. The third kappa shape index (κ3) is 3.35. The van der Waals surface area contributed by atoms with Crippen LogP contribution in [0.25, 0.3) is 22.6 Å². The molecule has 176 valence electrons. The van der Waals surface area contributed by atoms with Gasteiger partial charge in [-0.05, 0) is 26.0 Å². The van der Waals surface area contributed by atoms with Crippen molar-refractivity contribution in [1.29, 1.82) is 0 Å². The van der Waals surface area contributed by atoms with Crippen molar-refractivity contribution in [3.05, 3.63) is 35.7 Å². The number of carbonyl (C=O) groups is 1. The van der Waals surface area contributed by atoms with E-state index in [-0.39, 0.29) is 24.1 Å². The Morgan fingerprint density at radius 2 is 2.09 bits per heavy atom. The highest BCUT2D eigenvalue weighted by Gasteiger charge is 2.52. The predicted molar refractivity (Wildman–Crippen MR) is 117 cm³/mol. The molecule has 1 aliphatic rings. The third-order valence-corrected chi connectivity index (χ3v) is 5.77. The first-order chi connectivity index (χ1) is 16.1. The zero-order valence-corrected chi connectivity index (χ0v) is 18.8. The first-order valence-electron chi connectivity index (χ1n) is 10.5. The minimum absolute atomic E-state index is 0.0356. The number of carbonyl (C=O) groups excluding carboxylic acids is 1. The summed E-state index contributed by atoms with van der Waals surface area (Å²) in [6.07, 6.45) is 1.17. The molecule has 5 heterocycles. The molecule has 1 amide bonds. The number of aromatic nitrogens is 7. The summed E-state index contributed by atoms with van der Waals surface area (Å²) in [6.45, 7) is 4.12. The summed E-state index contributed by atoms with van der Waals surface area (Å²) in [6, 6.07) is 3.49. The predicted octanol–water partition coefficient (Wildman–Crippen LogP) is 2.92. The van der Waals surface area contributed by atoms with E-state index in [1.54, 1.807) is 39.2 Å². The highest BCUT2D eigenvalue weighted by Crippen LogP contribution is 2.45. The monoisotopic (exact) mass is 469 g/mol. The van der Waals surface area contributed by atoms with Crippen LogP contribution in [0.15, 0.2) is 22.7 Å². The average molecular weight is 469 g/mol. The van der Waals surface area contributed by atoms with Gasteiger partial charge in [-0.2, -0.15) is 5.10 Å². The van der Waals surface area contributed by atoms with Crippen LogP contribution in [-0.2, 0) is 16.8 Å². The van der Waals surface area contributed by atoms with Gasteiger partial charge in [0.05, 0.1) is 10.9 Å². The van der Waals surface area contributed by atoms with E-state index in [9.17, 15) is 13.6 Å². The molecule has 13 heteroatoms. The molecule has 5 rings (SSSR count). The molecular formula is C21H21F2N9O2. The summed E-state index contributed by atoms with van der Waals surface area (Å²) >= 11 is 0. The summed E-state index contributed by atoms with van der Waals surface area (Å²) in [5.41, 5.74) is -0.0476. The molecule has 0 saturated heterocycles. The Morgan fingerprint density at radius 1 is 1.29 bits per heavy atom. The van der Waals surface area contributed by atoms with Crippen molar-refractivity contribution in [1.82, 2.24) is 34.9 Å². The fourth-order valence-corrected chi connectivity index (χ4v) is 3.99. The fourth-order valence-electron chi connectivity index (χ4n) is 3.99. The number of halogens is 2. The minimum atomic E-state index is -2.85. The normalized spacial score (nSPS) is 17.8. The van der Waals surface area contributed by atoms with Crippen LogP contribution in [0.4, 0.5) is 20.4 Å². The van der Waals surface area contributed by atoms with E-state index in [1.807, 2.05) is 0 Å². The Bertz CT molecular complexity index is 1430. The Kier molecular flexibility index (Phi) is 4.81. The van der Waals surface area contributed by atoms with Crippen molar-refractivity contribution < 1.29 is 18.0 Å². The first kappa shape index (κ1) is 21.8. The summed E-state index contributed by atoms with van der Waals surface area (Å²) in [5, 5.41) is 18.8. The lowest BCUT2D eigenvalue weighted by atomic mass is 9.84. The fraction of sp³-hybridized carbons (Fsp3) is 0.381. The maximum absolute atomic E-state index is 13.5. The summed E-state index contributed by atoms with van der Waals surface area (Å²) in [4.78, 5) is 26.5. The molecule has 1 unspecified atom stereocenters. The molecule has 1 atom stereocenters. The maximum Gasteiger partial charge on any atom is 0.247 e. The van der Waals surface area contributed by atoms with Gasteiger partial charge in [0.25, 0.3) is 0 Å². The van der Waals surface area contributed by atoms with Gasteiger partial charge in [-0.1, -0.05) is 0 Å². The summed E-state index contributed by atoms with van der Waals surface area (Å²) in [7, 11) is 1.66. The van der Waals surface area contributed by atoms with Crippen LogP contribution in [0.1, 0.15) is 37.6 Å². The number of nitrogens with zero attached hydrogens (tertiary/aromatic N) is 7. The highest BCUT2D eigenvalue weighted by atomic mass is 19.3. The van der Waals surface area contributed by atoms with Gasteiger partial charge in [-0.25, -0.2) is 28.4 Å². The minimum Gasteiger partial charge on any atom is -0.424 e. The van der Waals surface area contributed by atoms with Crippen LogP contribution in [0.3, 0.4) is 0 Å². The number of anilines is 2. The lowest BCUT2D eigenvalue weighted by Crippen LogP contribution is -2.33. The van der Waals surface area contributed by atoms with Gasteiger partial charge < -0.3 is 15.1 Å². The average Bonchev–Trinajstić information content (AvgIpc) is 3.46. The molecule has 0 fully saturated rings. The number of aryl methyl sites for hydroxylation is 2. The molecule has 4 aromatic rings. The molecular weight excluding hydrogens is 448 g/mol. The van der Waals surface area contributed by atoms with Crippen LogP contribution in [0.2, 0.25) is 0 Å². The molecule has 1 aliphatic heterocycles. The molecule has 11 nitrogen and oxygen atoms in total. The number of rotatable bonds is 6. The van der Waals surface area contributed by atoms with Crippen LogP contribution in [0, 0.1) is 6.92 Å². The maximum atomic E-state index is 13.5. The smallest absolute Gasteiger partial charge is 0.247 e. The first-order valence-corrected chi connectivity index (χ1v) is 10.5. The van der Waals surface area contributed by atoms with Crippen LogP contribution in [0.5, 0.6) is 0 Å². The van der Waals surface area contributed by atoms with E-state index >= 15 is 0 Å². The van der Waals surface area contributed by atoms with Crippen LogP contribution < -0.4 is 10.6 Å². The van der Waals surface area contributed by atoms with Gasteiger partial charge in [0, 0.05) is 33.1 Å². The third-order valence-electron chi connectivity index (χ3n) is 5.77. The molecule has 0 bridgehead atoms. The van der Waals surface area contributed by atoms with E-state index in [0.717, 1.165) is 6.92 Å². The molecule has 34 heavy (non-hydrogen) atoms. The zero-order valence-electron chi connectivity index (χ0n) is 18.8. The standard InChI is InChI=1S/C21H21F2N9O2/c1-10-29-30-19(34-10)21(3)12-14(24-4)26-16(27-15(12)28-18(21)33)13-11-6-5-8-25-17(11)32(31-13)9-7-20(2,22)23/h5-6,8H,7,9H2,1-4H3,(H2,24,26,27,28,33). The molecule has 0 saturated carbocycles. The van der Waals surface area contributed by atoms with Crippen molar-refractivity contribution >= 4 is 28.6 Å². The Labute approximate surface area is 192 Å². The molecule has 0 aliphatic carbocycles. The van der Waals surface area contributed by atoms with Gasteiger partial charge in [0.15, 0.2) is 16.9 Å². The Balaban J connectivity index is 1.66. The van der Waals surface area contributed by atoms with Gasteiger partial charge in [0.2, 0.25) is 23.6 Å². The zero-order chi connectivity index (χ0) is 24.3. The number of nitrogens with one attached hydrogen (secondary N) is 2. The summed E-state index contributed by atoms with van der Waals surface area (Å²) < 4.78 is 34.0. The second kappa shape index (κ2) is 7.50. The molecule has 0 spiro atoms. The largest absolute Gasteiger partial charge is 0.424 e. The number of amides is 1. The number of hydrogen-bond donors (Lipinski definition) is 2. The SMILES string of the molecule is CNc1nc(-c2nn(CCC(C)(F)F)c3ncccc23)nc2c1C(C)(c1nnc(C)o1)C(=O)N2. The molecule has 0 aromatic carbocycles. The lowest BCUT2D eigenvalue weighted by molar-refractivity contribution is -0.119. The van der Waals surface area contributed by atoms with Crippen molar-refractivity contribution in [2.24, 2.45) is 0 Å². The Hall–Kier alpha value is -4.03.